The van der Waals surface area contributed by atoms with E-state index in [0.717, 1.165) is 35.5 Å². The molecular weight excluding hydrogens is 440 g/mol. The number of primary amides is 1. The van der Waals surface area contributed by atoms with Gasteiger partial charge in [-0.1, -0.05) is 12.1 Å². The lowest BCUT2D eigenvalue weighted by Crippen LogP contribution is -2.44. The van der Waals surface area contributed by atoms with E-state index < -0.39 is 5.91 Å². The Morgan fingerprint density at radius 3 is 2.65 bits per heavy atom. The van der Waals surface area contributed by atoms with Crippen LogP contribution in [0.15, 0.2) is 42.5 Å². The maximum atomic E-state index is 12.6. The third-order valence-corrected chi connectivity index (χ3v) is 6.02. The molecule has 9 heteroatoms. The second-order valence-electron chi connectivity index (χ2n) is 8.18. The van der Waals surface area contributed by atoms with Gasteiger partial charge in [0.05, 0.1) is 7.11 Å². The topological polar surface area (TPSA) is 118 Å². The summed E-state index contributed by atoms with van der Waals surface area (Å²) in [5.74, 6) is 1.51. The first-order chi connectivity index (χ1) is 16.5. The molecule has 2 aliphatic heterocycles. The molecule has 34 heavy (non-hydrogen) atoms. The summed E-state index contributed by atoms with van der Waals surface area (Å²) in [6.07, 6.45) is 4.75. The Morgan fingerprint density at radius 2 is 1.88 bits per heavy atom. The highest BCUT2D eigenvalue weighted by atomic mass is 16.7. The first-order valence-corrected chi connectivity index (χ1v) is 11.0. The summed E-state index contributed by atoms with van der Waals surface area (Å²) in [5, 5.41) is 3.04. The number of hydrogen-bond donors (Lipinski definition) is 2. The lowest BCUT2D eigenvalue weighted by molar-refractivity contribution is -0.120. The van der Waals surface area contributed by atoms with Crippen LogP contribution in [0.2, 0.25) is 0 Å². The molecule has 2 heterocycles. The molecule has 9 nitrogen and oxygen atoms in total. The van der Waals surface area contributed by atoms with Gasteiger partial charge >= 0.3 is 0 Å². The third-order valence-electron chi connectivity index (χ3n) is 6.02. The fraction of sp³-hybridized carbons (Fsp3) is 0.360. The van der Waals surface area contributed by atoms with Crippen LogP contribution in [0.4, 0.5) is 0 Å². The standard InChI is InChI=1S/C25H28N2O7/c1-30-21-12-17(2-5-19(21)32-14-23(26)28)3-7-24(29)27-15-25(8-10-31-11-9-25)18-4-6-20-22(13-18)34-16-33-20/h2-7,12-13H,8-11,14-16H2,1H3,(H2,26,28)(H,27,29)/b7-3+. The monoisotopic (exact) mass is 468 g/mol. The summed E-state index contributed by atoms with van der Waals surface area (Å²) < 4.78 is 27.2. The number of carbonyl (C=O) groups excluding carboxylic acids is 2. The molecule has 2 aromatic rings. The Balaban J connectivity index is 1.42. The van der Waals surface area contributed by atoms with Gasteiger partial charge in [0.15, 0.2) is 29.6 Å². The number of carbonyl (C=O) groups is 2. The zero-order valence-corrected chi connectivity index (χ0v) is 19.0. The number of benzene rings is 2. The van der Waals surface area contributed by atoms with E-state index >= 15 is 0 Å². The zero-order valence-electron chi connectivity index (χ0n) is 19.0. The van der Waals surface area contributed by atoms with Crippen molar-refractivity contribution in [2.24, 2.45) is 5.73 Å². The van der Waals surface area contributed by atoms with Gasteiger partial charge in [-0.3, -0.25) is 9.59 Å². The Hall–Kier alpha value is -3.72. The van der Waals surface area contributed by atoms with E-state index in [9.17, 15) is 9.59 Å². The first kappa shape index (κ1) is 23.4. The van der Waals surface area contributed by atoms with Crippen LogP contribution in [0.25, 0.3) is 6.08 Å². The molecule has 1 saturated heterocycles. The number of nitrogens with one attached hydrogen (secondary N) is 1. The number of fused-ring (bicyclic) bond motifs is 1. The summed E-state index contributed by atoms with van der Waals surface area (Å²) >= 11 is 0. The maximum Gasteiger partial charge on any atom is 0.255 e. The number of amides is 2. The molecule has 4 rings (SSSR count). The Kier molecular flexibility index (Phi) is 7.22. The molecule has 2 aliphatic rings. The summed E-state index contributed by atoms with van der Waals surface area (Å²) in [7, 11) is 1.50. The predicted octanol–water partition coefficient (Wildman–Crippen LogP) is 2.17. The van der Waals surface area contributed by atoms with Crippen LogP contribution in [0, 0.1) is 0 Å². The summed E-state index contributed by atoms with van der Waals surface area (Å²) in [4.78, 5) is 23.6. The van der Waals surface area contributed by atoms with Gasteiger partial charge in [0, 0.05) is 31.2 Å². The molecular formula is C25H28N2O7. The van der Waals surface area contributed by atoms with Crippen molar-refractivity contribution in [3.63, 3.8) is 0 Å². The minimum absolute atomic E-state index is 0.209. The molecule has 0 radical (unpaired) electrons. The Bertz CT molecular complexity index is 1080. The smallest absolute Gasteiger partial charge is 0.255 e. The Morgan fingerprint density at radius 1 is 1.09 bits per heavy atom. The van der Waals surface area contributed by atoms with Gasteiger partial charge in [-0.2, -0.15) is 0 Å². The van der Waals surface area contributed by atoms with Crippen molar-refractivity contribution < 1.29 is 33.3 Å². The number of hydrogen-bond acceptors (Lipinski definition) is 7. The lowest BCUT2D eigenvalue weighted by atomic mass is 9.74. The van der Waals surface area contributed by atoms with E-state index in [2.05, 4.69) is 5.32 Å². The molecule has 0 saturated carbocycles. The summed E-state index contributed by atoms with van der Waals surface area (Å²) in [6, 6.07) is 11.1. The molecule has 0 unspecified atom stereocenters. The van der Waals surface area contributed by atoms with Gasteiger partial charge in [0.25, 0.3) is 5.91 Å². The second kappa shape index (κ2) is 10.5. The molecule has 0 bridgehead atoms. The van der Waals surface area contributed by atoms with Gasteiger partial charge in [-0.15, -0.1) is 0 Å². The second-order valence-corrected chi connectivity index (χ2v) is 8.18. The third kappa shape index (κ3) is 5.43. The van der Waals surface area contributed by atoms with E-state index in [-0.39, 0.29) is 24.7 Å². The van der Waals surface area contributed by atoms with Crippen molar-refractivity contribution in [2.45, 2.75) is 18.3 Å². The van der Waals surface area contributed by atoms with Crippen LogP contribution < -0.4 is 30.0 Å². The Labute approximate surface area is 197 Å². The maximum absolute atomic E-state index is 12.6. The van der Waals surface area contributed by atoms with E-state index in [1.165, 1.54) is 13.2 Å². The van der Waals surface area contributed by atoms with E-state index in [4.69, 9.17) is 29.4 Å². The minimum atomic E-state index is -0.578. The summed E-state index contributed by atoms with van der Waals surface area (Å²) in [5.41, 5.74) is 6.71. The van der Waals surface area contributed by atoms with Crippen molar-refractivity contribution in [1.29, 1.82) is 0 Å². The van der Waals surface area contributed by atoms with E-state index in [0.29, 0.717) is 31.3 Å². The molecule has 3 N–H and O–H groups in total. The largest absolute Gasteiger partial charge is 0.493 e. The molecule has 2 amide bonds. The van der Waals surface area contributed by atoms with Crippen LogP contribution in [0.5, 0.6) is 23.0 Å². The fourth-order valence-corrected chi connectivity index (χ4v) is 4.10. The quantitative estimate of drug-likeness (QED) is 0.542. The number of nitrogens with two attached hydrogens (primary N) is 1. The van der Waals surface area contributed by atoms with Crippen molar-refractivity contribution in [2.75, 3.05) is 40.3 Å². The van der Waals surface area contributed by atoms with Crippen LogP contribution in [-0.4, -0.2) is 52.1 Å². The zero-order chi connectivity index (χ0) is 24.0. The summed E-state index contributed by atoms with van der Waals surface area (Å²) in [6.45, 7) is 1.71. The molecule has 0 aliphatic carbocycles. The molecule has 0 atom stereocenters. The molecule has 2 aromatic carbocycles. The van der Waals surface area contributed by atoms with Gasteiger partial charge < -0.3 is 34.7 Å². The fourth-order valence-electron chi connectivity index (χ4n) is 4.10. The minimum Gasteiger partial charge on any atom is -0.493 e. The van der Waals surface area contributed by atoms with Crippen LogP contribution >= 0.6 is 0 Å². The SMILES string of the molecule is COc1cc(/C=C/C(=O)NCC2(c3ccc4c(c3)OCO4)CCOCC2)ccc1OCC(N)=O. The lowest BCUT2D eigenvalue weighted by Gasteiger charge is -2.38. The van der Waals surface area contributed by atoms with Crippen LogP contribution in [0.1, 0.15) is 24.0 Å². The highest BCUT2D eigenvalue weighted by molar-refractivity contribution is 5.91. The van der Waals surface area contributed by atoms with Crippen LogP contribution in [0.3, 0.4) is 0 Å². The number of rotatable bonds is 9. The van der Waals surface area contributed by atoms with E-state index in [1.807, 2.05) is 18.2 Å². The van der Waals surface area contributed by atoms with Crippen LogP contribution in [-0.2, 0) is 19.7 Å². The van der Waals surface area contributed by atoms with Crippen molar-refractivity contribution in [3.05, 3.63) is 53.6 Å². The van der Waals surface area contributed by atoms with Gasteiger partial charge in [0.1, 0.15) is 0 Å². The van der Waals surface area contributed by atoms with Crippen molar-refractivity contribution in [1.82, 2.24) is 5.32 Å². The van der Waals surface area contributed by atoms with Gasteiger partial charge in [-0.05, 0) is 54.3 Å². The average molecular weight is 469 g/mol. The molecule has 180 valence electrons. The predicted molar refractivity (Wildman–Crippen MR) is 124 cm³/mol. The molecule has 0 aromatic heterocycles. The molecule has 0 spiro atoms. The number of ether oxygens (including phenoxy) is 5. The highest BCUT2D eigenvalue weighted by Crippen LogP contribution is 2.40. The van der Waals surface area contributed by atoms with Gasteiger partial charge in [-0.25, -0.2) is 0 Å². The highest BCUT2D eigenvalue weighted by Gasteiger charge is 2.36. The first-order valence-electron chi connectivity index (χ1n) is 11.0. The number of methoxy groups -OCH3 is 1. The molecule has 1 fully saturated rings. The van der Waals surface area contributed by atoms with Crippen molar-refractivity contribution in [3.8, 4) is 23.0 Å². The van der Waals surface area contributed by atoms with E-state index in [1.54, 1.807) is 24.3 Å². The normalized spacial score (nSPS) is 16.3. The van der Waals surface area contributed by atoms with Crippen molar-refractivity contribution >= 4 is 17.9 Å². The van der Waals surface area contributed by atoms with Gasteiger partial charge in [0.2, 0.25) is 12.7 Å². The average Bonchev–Trinajstić information content (AvgIpc) is 3.33.